The smallest absolute Gasteiger partial charge is 0.261 e. The lowest BCUT2D eigenvalue weighted by atomic mass is 10.2. The highest BCUT2D eigenvalue weighted by Crippen LogP contribution is 2.28. The van der Waals surface area contributed by atoms with Gasteiger partial charge in [-0.2, -0.15) is 0 Å². The van der Waals surface area contributed by atoms with Gasteiger partial charge < -0.3 is 10.1 Å². The summed E-state index contributed by atoms with van der Waals surface area (Å²) in [7, 11) is 0. The Balaban J connectivity index is 2.60. The van der Waals surface area contributed by atoms with Crippen molar-refractivity contribution >= 4 is 29.1 Å². The number of rotatable bonds is 8. The van der Waals surface area contributed by atoms with Gasteiger partial charge in [0.2, 0.25) is 0 Å². The largest absolute Gasteiger partial charge is 0.479 e. The van der Waals surface area contributed by atoms with Crippen LogP contribution in [0.15, 0.2) is 54.7 Å². The lowest BCUT2D eigenvalue weighted by Crippen LogP contribution is -2.38. The first-order chi connectivity index (χ1) is 11.0. The van der Waals surface area contributed by atoms with Crippen molar-refractivity contribution in [3.63, 3.8) is 0 Å². The van der Waals surface area contributed by atoms with E-state index in [-0.39, 0.29) is 5.91 Å². The molecule has 0 saturated carbocycles. The van der Waals surface area contributed by atoms with Gasteiger partial charge >= 0.3 is 0 Å². The van der Waals surface area contributed by atoms with E-state index < -0.39 is 6.10 Å². The van der Waals surface area contributed by atoms with Gasteiger partial charge in [-0.15, -0.1) is 0 Å². The predicted molar refractivity (Wildman–Crippen MR) is 97.3 cm³/mol. The van der Waals surface area contributed by atoms with Crippen LogP contribution in [0.5, 0.6) is 5.75 Å². The monoisotopic (exact) mass is 353 g/mol. The Bertz CT molecular complexity index is 609. The zero-order valence-corrected chi connectivity index (χ0v) is 14.8. The summed E-state index contributed by atoms with van der Waals surface area (Å²) in [6.07, 6.45) is 7.42. The predicted octanol–water partition coefficient (Wildman–Crippen LogP) is 4.96. The summed E-state index contributed by atoms with van der Waals surface area (Å²) >= 11 is 11.9. The fourth-order valence-electron chi connectivity index (χ4n) is 1.72. The molecule has 1 aromatic rings. The molecule has 5 heteroatoms. The van der Waals surface area contributed by atoms with Gasteiger partial charge in [0.25, 0.3) is 5.91 Å². The van der Waals surface area contributed by atoms with E-state index in [1.54, 1.807) is 18.2 Å². The van der Waals surface area contributed by atoms with Gasteiger partial charge in [0.15, 0.2) is 6.10 Å². The highest BCUT2D eigenvalue weighted by molar-refractivity contribution is 6.35. The summed E-state index contributed by atoms with van der Waals surface area (Å²) in [6, 6.07) is 4.90. The number of allylic oxidation sites excluding steroid dienone is 3. The quantitative estimate of drug-likeness (QED) is 0.671. The molecular formula is C18H21Cl2NO2. The molecule has 0 heterocycles. The van der Waals surface area contributed by atoms with Crippen molar-refractivity contribution in [3.05, 3.63) is 64.7 Å². The van der Waals surface area contributed by atoms with Gasteiger partial charge in [0.05, 0.1) is 5.02 Å². The van der Waals surface area contributed by atoms with E-state index >= 15 is 0 Å². The summed E-state index contributed by atoms with van der Waals surface area (Å²) in [4.78, 5) is 12.2. The van der Waals surface area contributed by atoms with Crippen LogP contribution in [0.1, 0.15) is 20.3 Å². The molecule has 3 nitrogen and oxygen atoms in total. The molecule has 0 spiro atoms. The molecule has 1 atom stereocenters. The number of hydrogen-bond donors (Lipinski definition) is 1. The first-order valence-corrected chi connectivity index (χ1v) is 8.10. The van der Waals surface area contributed by atoms with Gasteiger partial charge in [-0.25, -0.2) is 0 Å². The number of halogens is 2. The van der Waals surface area contributed by atoms with E-state index in [2.05, 4.69) is 11.9 Å². The first kappa shape index (κ1) is 19.3. The second-order valence-corrected chi connectivity index (χ2v) is 5.69. The molecule has 0 radical (unpaired) electrons. The third-order valence-electron chi connectivity index (χ3n) is 2.95. The summed E-state index contributed by atoms with van der Waals surface area (Å²) in [5.74, 6) is 0.226. The van der Waals surface area contributed by atoms with Crippen molar-refractivity contribution in [2.75, 3.05) is 6.54 Å². The Kier molecular flexibility index (Phi) is 8.52. The van der Waals surface area contributed by atoms with Crippen LogP contribution in [0.3, 0.4) is 0 Å². The van der Waals surface area contributed by atoms with Gasteiger partial charge in [0, 0.05) is 11.6 Å². The number of benzene rings is 1. The number of carbonyl (C=O) groups is 1. The van der Waals surface area contributed by atoms with Crippen molar-refractivity contribution in [2.24, 2.45) is 0 Å². The number of hydrogen-bond acceptors (Lipinski definition) is 2. The fourth-order valence-corrected chi connectivity index (χ4v) is 2.18. The lowest BCUT2D eigenvalue weighted by Gasteiger charge is -2.18. The number of ether oxygens (including phenoxy) is 1. The first-order valence-electron chi connectivity index (χ1n) is 7.34. The lowest BCUT2D eigenvalue weighted by molar-refractivity contribution is -0.127. The van der Waals surface area contributed by atoms with Gasteiger partial charge in [-0.1, -0.05) is 61.0 Å². The fraction of sp³-hybridized carbons (Fsp3) is 0.278. The van der Waals surface area contributed by atoms with Crippen LogP contribution in [0.2, 0.25) is 10.0 Å². The normalized spacial score (nSPS) is 12.5. The minimum absolute atomic E-state index is 0.209. The van der Waals surface area contributed by atoms with E-state index in [1.807, 2.05) is 38.2 Å². The molecule has 124 valence electrons. The second-order valence-electron chi connectivity index (χ2n) is 4.85. The summed E-state index contributed by atoms with van der Waals surface area (Å²) < 4.78 is 5.68. The molecule has 1 unspecified atom stereocenters. The zero-order chi connectivity index (χ0) is 17.2. The van der Waals surface area contributed by atoms with Crippen LogP contribution in [0.25, 0.3) is 0 Å². The highest BCUT2D eigenvalue weighted by Gasteiger charge is 2.19. The molecule has 0 aromatic heterocycles. The van der Waals surface area contributed by atoms with E-state index in [0.717, 1.165) is 5.57 Å². The van der Waals surface area contributed by atoms with E-state index in [0.29, 0.717) is 28.8 Å². The summed E-state index contributed by atoms with van der Waals surface area (Å²) in [5, 5.41) is 3.70. The Labute approximate surface area is 147 Å². The average Bonchev–Trinajstić information content (AvgIpc) is 2.52. The van der Waals surface area contributed by atoms with Crippen LogP contribution in [0, 0.1) is 0 Å². The molecule has 0 aliphatic heterocycles. The Morgan fingerprint density at radius 2 is 2.13 bits per heavy atom. The van der Waals surface area contributed by atoms with Gasteiger partial charge in [-0.05, 0) is 37.1 Å². The van der Waals surface area contributed by atoms with E-state index in [1.165, 1.54) is 0 Å². The van der Waals surface area contributed by atoms with Crippen molar-refractivity contribution in [1.29, 1.82) is 0 Å². The molecule has 1 N–H and O–H groups in total. The third-order valence-corrected chi connectivity index (χ3v) is 3.48. The zero-order valence-electron chi connectivity index (χ0n) is 13.3. The van der Waals surface area contributed by atoms with Gasteiger partial charge in [0.1, 0.15) is 5.75 Å². The molecule has 0 saturated heterocycles. The number of amides is 1. The number of nitrogens with one attached hydrogen (secondary N) is 1. The standard InChI is InChI=1S/C18H21Cl2NO2/c1-4-6-7-8-13(3)12-21-18(22)16(5-2)23-17-10-9-14(19)11-15(17)20/h4,6-11,16H,3,5,12H2,1-2H3,(H,21,22). The van der Waals surface area contributed by atoms with Crippen LogP contribution in [0.4, 0.5) is 0 Å². The second kappa shape index (κ2) is 10.1. The minimum Gasteiger partial charge on any atom is -0.479 e. The highest BCUT2D eigenvalue weighted by atomic mass is 35.5. The van der Waals surface area contributed by atoms with Crippen LogP contribution in [-0.2, 0) is 4.79 Å². The molecule has 0 aliphatic rings. The summed E-state index contributed by atoms with van der Waals surface area (Å²) in [6.45, 7) is 8.04. The van der Waals surface area contributed by atoms with Crippen LogP contribution < -0.4 is 10.1 Å². The SMILES string of the molecule is C=C(C=CC=CC)CNC(=O)C(CC)Oc1ccc(Cl)cc1Cl. The van der Waals surface area contributed by atoms with Crippen molar-refractivity contribution < 1.29 is 9.53 Å². The Hall–Kier alpha value is -1.71. The maximum Gasteiger partial charge on any atom is 0.261 e. The molecule has 0 aliphatic carbocycles. The molecule has 1 rings (SSSR count). The molecule has 1 amide bonds. The molecular weight excluding hydrogens is 333 g/mol. The molecule has 0 bridgehead atoms. The van der Waals surface area contributed by atoms with Crippen LogP contribution >= 0.6 is 23.2 Å². The molecule has 23 heavy (non-hydrogen) atoms. The molecule has 1 aromatic carbocycles. The van der Waals surface area contributed by atoms with Crippen molar-refractivity contribution in [2.45, 2.75) is 26.4 Å². The maximum atomic E-state index is 12.2. The maximum absolute atomic E-state index is 12.2. The Morgan fingerprint density at radius 1 is 1.39 bits per heavy atom. The summed E-state index contributed by atoms with van der Waals surface area (Å²) in [5.41, 5.74) is 0.802. The third kappa shape index (κ3) is 6.93. The Morgan fingerprint density at radius 3 is 2.74 bits per heavy atom. The van der Waals surface area contributed by atoms with E-state index in [9.17, 15) is 4.79 Å². The van der Waals surface area contributed by atoms with Crippen molar-refractivity contribution in [3.8, 4) is 5.75 Å². The van der Waals surface area contributed by atoms with Gasteiger partial charge in [-0.3, -0.25) is 4.79 Å². The van der Waals surface area contributed by atoms with Crippen LogP contribution in [-0.4, -0.2) is 18.6 Å². The number of carbonyl (C=O) groups excluding carboxylic acids is 1. The van der Waals surface area contributed by atoms with Crippen molar-refractivity contribution in [1.82, 2.24) is 5.32 Å². The average molecular weight is 354 g/mol. The van der Waals surface area contributed by atoms with E-state index in [4.69, 9.17) is 27.9 Å². The topological polar surface area (TPSA) is 38.3 Å². The minimum atomic E-state index is -0.624. The molecule has 0 fully saturated rings.